The quantitative estimate of drug-likeness (QED) is 0.539. The molecule has 0 aromatic heterocycles. The average Bonchev–Trinajstić information content (AvgIpc) is 1.95. The molecule has 0 aromatic carbocycles. The topological polar surface area (TPSA) is 29.5 Å². The highest BCUT2D eigenvalue weighted by atomic mass is 16.5. The molecule has 0 spiro atoms. The van der Waals surface area contributed by atoms with Crippen LogP contribution in [-0.4, -0.2) is 17.3 Å². The third kappa shape index (κ3) is 7.63. The summed E-state index contributed by atoms with van der Waals surface area (Å²) >= 11 is 0. The van der Waals surface area contributed by atoms with Crippen molar-refractivity contribution >= 4 is 0 Å². The Morgan fingerprint density at radius 1 is 1.31 bits per heavy atom. The Labute approximate surface area is 80.9 Å². The molecule has 1 N–H and O–H groups in total. The Bertz CT molecular complexity index is 193. The minimum absolute atomic E-state index is 0.119. The van der Waals surface area contributed by atoms with Gasteiger partial charge in [0.15, 0.2) is 0 Å². The second kappa shape index (κ2) is 5.11. The van der Waals surface area contributed by atoms with Crippen LogP contribution in [0.3, 0.4) is 0 Å². The third-order valence-corrected chi connectivity index (χ3v) is 1.55. The number of hydrogen-bond acceptors (Lipinski definition) is 2. The summed E-state index contributed by atoms with van der Waals surface area (Å²) in [7, 11) is 0. The largest absolute Gasteiger partial charge is 0.487 e. The highest BCUT2D eigenvalue weighted by Crippen LogP contribution is 2.13. The van der Waals surface area contributed by atoms with Crippen molar-refractivity contribution in [2.45, 2.75) is 46.8 Å². The van der Waals surface area contributed by atoms with Crippen molar-refractivity contribution in [2.24, 2.45) is 5.41 Å². The monoisotopic (exact) mass is 184 g/mol. The lowest BCUT2D eigenvalue weighted by Crippen LogP contribution is -2.20. The predicted molar refractivity (Wildman–Crippen MR) is 54.3 cm³/mol. The molecular weight excluding hydrogens is 164 g/mol. The van der Waals surface area contributed by atoms with Crippen LogP contribution in [-0.2, 0) is 4.74 Å². The van der Waals surface area contributed by atoms with E-state index >= 15 is 0 Å². The summed E-state index contributed by atoms with van der Waals surface area (Å²) in [6, 6.07) is 0. The highest BCUT2D eigenvalue weighted by molar-refractivity contribution is 4.90. The van der Waals surface area contributed by atoms with E-state index in [0.29, 0.717) is 0 Å². The van der Waals surface area contributed by atoms with Crippen molar-refractivity contribution in [3.63, 3.8) is 0 Å². The maximum absolute atomic E-state index is 9.10. The minimum Gasteiger partial charge on any atom is -0.487 e. The van der Waals surface area contributed by atoms with Crippen LogP contribution in [0.5, 0.6) is 0 Å². The van der Waals surface area contributed by atoms with E-state index in [-0.39, 0.29) is 11.5 Å². The van der Waals surface area contributed by atoms with Crippen LogP contribution in [0.15, 0.2) is 18.1 Å². The van der Waals surface area contributed by atoms with E-state index in [0.717, 1.165) is 0 Å². The molecule has 0 bridgehead atoms. The van der Waals surface area contributed by atoms with Gasteiger partial charge in [0.05, 0.1) is 6.10 Å². The second-order valence-electron chi connectivity index (χ2n) is 4.38. The zero-order chi connectivity index (χ0) is 10.5. The van der Waals surface area contributed by atoms with Crippen molar-refractivity contribution in [1.29, 1.82) is 0 Å². The molecule has 76 valence electrons. The summed E-state index contributed by atoms with van der Waals surface area (Å²) in [4.78, 5) is 0. The number of ether oxygens (including phenoxy) is 1. The van der Waals surface area contributed by atoms with Gasteiger partial charge in [0, 0.05) is 0 Å². The maximum Gasteiger partial charge on any atom is 0.125 e. The molecule has 0 unspecified atom stereocenters. The van der Waals surface area contributed by atoms with Crippen LogP contribution in [0.2, 0.25) is 0 Å². The molecule has 0 fully saturated rings. The smallest absolute Gasteiger partial charge is 0.125 e. The SMILES string of the molecule is C[C@@H](O)[C@@H](C)OC=C=CC(C)(C)C. The molecule has 2 nitrogen and oxygen atoms in total. The fourth-order valence-electron chi connectivity index (χ4n) is 0.544. The van der Waals surface area contributed by atoms with E-state index in [9.17, 15) is 0 Å². The van der Waals surface area contributed by atoms with Gasteiger partial charge in [-0.2, -0.15) is 0 Å². The Kier molecular flexibility index (Phi) is 4.82. The molecule has 2 atom stereocenters. The first kappa shape index (κ1) is 12.3. The molecule has 0 amide bonds. The second-order valence-corrected chi connectivity index (χ2v) is 4.38. The Morgan fingerprint density at radius 2 is 1.85 bits per heavy atom. The number of aliphatic hydroxyl groups excluding tert-OH is 1. The number of hydrogen-bond donors (Lipinski definition) is 1. The molecule has 0 aromatic rings. The molecule has 0 radical (unpaired) electrons. The van der Waals surface area contributed by atoms with Crippen molar-refractivity contribution in [3.8, 4) is 0 Å². The maximum atomic E-state index is 9.10. The first-order valence-corrected chi connectivity index (χ1v) is 4.58. The fourth-order valence-corrected chi connectivity index (χ4v) is 0.544. The van der Waals surface area contributed by atoms with Gasteiger partial charge in [-0.05, 0) is 25.3 Å². The number of rotatable bonds is 3. The normalized spacial score (nSPS) is 15.5. The van der Waals surface area contributed by atoms with Crippen molar-refractivity contribution in [2.75, 3.05) is 0 Å². The molecular formula is C11H20O2. The zero-order valence-electron chi connectivity index (χ0n) is 9.16. The Morgan fingerprint density at radius 3 is 2.23 bits per heavy atom. The molecule has 2 heteroatoms. The minimum atomic E-state index is -0.451. The van der Waals surface area contributed by atoms with Crippen molar-refractivity contribution in [1.82, 2.24) is 0 Å². The summed E-state index contributed by atoms with van der Waals surface area (Å²) in [5, 5.41) is 9.10. The first-order chi connectivity index (χ1) is 5.83. The summed E-state index contributed by atoms with van der Waals surface area (Å²) in [5.74, 6) is 0. The van der Waals surface area contributed by atoms with Crippen LogP contribution < -0.4 is 0 Å². The molecule has 0 saturated heterocycles. The van der Waals surface area contributed by atoms with E-state index in [1.54, 1.807) is 6.92 Å². The number of allylic oxidation sites excluding steroid dienone is 1. The molecule has 0 aliphatic carbocycles. The van der Waals surface area contributed by atoms with Crippen LogP contribution in [0, 0.1) is 5.41 Å². The van der Waals surface area contributed by atoms with E-state index in [4.69, 9.17) is 9.84 Å². The van der Waals surface area contributed by atoms with E-state index in [1.807, 2.05) is 13.0 Å². The van der Waals surface area contributed by atoms with Crippen LogP contribution in [0.25, 0.3) is 0 Å². The van der Waals surface area contributed by atoms with E-state index in [2.05, 4.69) is 26.5 Å². The molecule has 0 aliphatic heterocycles. The van der Waals surface area contributed by atoms with Gasteiger partial charge in [0.25, 0.3) is 0 Å². The Balaban J connectivity index is 3.95. The summed E-state index contributed by atoms with van der Waals surface area (Å²) in [6.45, 7) is 9.79. The van der Waals surface area contributed by atoms with Gasteiger partial charge in [-0.15, -0.1) is 0 Å². The highest BCUT2D eigenvalue weighted by Gasteiger charge is 2.06. The van der Waals surface area contributed by atoms with E-state index < -0.39 is 6.10 Å². The average molecular weight is 184 g/mol. The lowest BCUT2D eigenvalue weighted by molar-refractivity contribution is 0.0320. The van der Waals surface area contributed by atoms with Crippen LogP contribution >= 0.6 is 0 Å². The fraction of sp³-hybridized carbons (Fsp3) is 0.727. The van der Waals surface area contributed by atoms with Crippen LogP contribution in [0.4, 0.5) is 0 Å². The number of aliphatic hydroxyl groups is 1. The van der Waals surface area contributed by atoms with Gasteiger partial charge in [-0.1, -0.05) is 26.5 Å². The lowest BCUT2D eigenvalue weighted by Gasteiger charge is -2.13. The molecule has 0 heterocycles. The first-order valence-electron chi connectivity index (χ1n) is 4.58. The van der Waals surface area contributed by atoms with Gasteiger partial charge >= 0.3 is 0 Å². The standard InChI is InChI=1S/C11H20O2/c1-9(12)10(2)13-8-6-7-11(3,4)5/h7-10,12H,1-5H3/t6?,9-,10-/m1/s1. The lowest BCUT2D eigenvalue weighted by atomic mass is 9.97. The molecule has 13 heavy (non-hydrogen) atoms. The molecule has 0 saturated carbocycles. The van der Waals surface area contributed by atoms with Gasteiger partial charge in [-0.25, -0.2) is 0 Å². The van der Waals surface area contributed by atoms with Gasteiger partial charge in [0.1, 0.15) is 12.4 Å². The summed E-state index contributed by atoms with van der Waals surface area (Å²) < 4.78 is 5.18. The molecule has 0 aliphatic rings. The summed E-state index contributed by atoms with van der Waals surface area (Å²) in [5.41, 5.74) is 3.05. The van der Waals surface area contributed by atoms with Crippen molar-refractivity contribution in [3.05, 3.63) is 18.1 Å². The zero-order valence-corrected chi connectivity index (χ0v) is 9.16. The predicted octanol–water partition coefficient (Wildman–Crippen LogP) is 2.49. The summed E-state index contributed by atoms with van der Waals surface area (Å²) in [6.07, 6.45) is 2.80. The van der Waals surface area contributed by atoms with E-state index in [1.165, 1.54) is 6.26 Å². The van der Waals surface area contributed by atoms with Gasteiger partial charge < -0.3 is 9.84 Å². The third-order valence-electron chi connectivity index (χ3n) is 1.55. The Hall–Kier alpha value is -0.720. The van der Waals surface area contributed by atoms with Crippen LogP contribution in [0.1, 0.15) is 34.6 Å². The van der Waals surface area contributed by atoms with Crippen molar-refractivity contribution < 1.29 is 9.84 Å². The molecule has 0 rings (SSSR count). The van der Waals surface area contributed by atoms with Gasteiger partial charge in [0.2, 0.25) is 0 Å². The van der Waals surface area contributed by atoms with Gasteiger partial charge in [-0.3, -0.25) is 0 Å².